The highest BCUT2D eigenvalue weighted by atomic mass is 35.5. The molecule has 1 unspecified atom stereocenters. The van der Waals surface area contributed by atoms with E-state index in [4.69, 9.17) is 11.6 Å². The lowest BCUT2D eigenvalue weighted by molar-refractivity contribution is 0.466. The van der Waals surface area contributed by atoms with Crippen molar-refractivity contribution < 1.29 is 8.42 Å². The number of nitrogens with zero attached hydrogens (tertiary/aromatic N) is 3. The zero-order chi connectivity index (χ0) is 15.0. The average Bonchev–Trinajstić information content (AvgIpc) is 2.75. The molecule has 3 rings (SSSR count). The third-order valence-electron chi connectivity index (χ3n) is 3.86. The van der Waals surface area contributed by atoms with Crippen molar-refractivity contribution >= 4 is 32.6 Å². The Morgan fingerprint density at radius 1 is 1.48 bits per heavy atom. The molecule has 114 valence electrons. The number of alkyl halides is 1. The maximum absolute atomic E-state index is 11.9. The molecule has 0 saturated carbocycles. The van der Waals surface area contributed by atoms with E-state index in [0.717, 1.165) is 29.0 Å². The van der Waals surface area contributed by atoms with E-state index in [1.165, 1.54) is 0 Å². The maximum Gasteiger partial charge on any atom is 0.160 e. The summed E-state index contributed by atoms with van der Waals surface area (Å²) in [5.74, 6) is 1.75. The summed E-state index contributed by atoms with van der Waals surface area (Å²) in [5, 5.41) is 0. The van der Waals surface area contributed by atoms with Crippen LogP contribution in [0.3, 0.4) is 0 Å². The molecule has 5 nitrogen and oxygen atoms in total. The normalized spacial score (nSPS) is 21.7. The topological polar surface area (TPSA) is 64.8 Å². The molecule has 3 heterocycles. The lowest BCUT2D eigenvalue weighted by Crippen LogP contribution is -2.28. The van der Waals surface area contributed by atoms with Gasteiger partial charge in [0, 0.05) is 18.5 Å². The molecule has 0 spiro atoms. The van der Waals surface area contributed by atoms with E-state index in [0.29, 0.717) is 18.7 Å². The van der Waals surface area contributed by atoms with Gasteiger partial charge in [-0.05, 0) is 31.4 Å². The van der Waals surface area contributed by atoms with Gasteiger partial charge < -0.3 is 4.57 Å². The van der Waals surface area contributed by atoms with Gasteiger partial charge in [0.05, 0.1) is 17.5 Å². The number of pyridine rings is 1. The van der Waals surface area contributed by atoms with Gasteiger partial charge in [-0.25, -0.2) is 18.4 Å². The first-order valence-corrected chi connectivity index (χ1v) is 9.45. The van der Waals surface area contributed by atoms with Crippen LogP contribution in [0, 0.1) is 6.92 Å². The molecule has 0 radical (unpaired) electrons. The molecule has 0 aliphatic carbocycles. The fourth-order valence-corrected chi connectivity index (χ4v) is 4.82. The van der Waals surface area contributed by atoms with E-state index in [-0.39, 0.29) is 17.5 Å². The number of halogens is 1. The van der Waals surface area contributed by atoms with Crippen molar-refractivity contribution in [1.29, 1.82) is 0 Å². The molecule has 21 heavy (non-hydrogen) atoms. The van der Waals surface area contributed by atoms with Crippen LogP contribution in [0.1, 0.15) is 30.3 Å². The summed E-state index contributed by atoms with van der Waals surface area (Å²) in [6.07, 6.45) is 3.95. The molecule has 1 atom stereocenters. The quantitative estimate of drug-likeness (QED) is 0.811. The Morgan fingerprint density at radius 2 is 2.29 bits per heavy atom. The third-order valence-corrected chi connectivity index (χ3v) is 5.85. The molecule has 2 aromatic heterocycles. The van der Waals surface area contributed by atoms with Gasteiger partial charge in [-0.2, -0.15) is 0 Å². The van der Waals surface area contributed by atoms with E-state index in [9.17, 15) is 8.42 Å². The summed E-state index contributed by atoms with van der Waals surface area (Å²) in [6.45, 7) is 1.97. The lowest BCUT2D eigenvalue weighted by atomic mass is 10.1. The molecule has 1 aliphatic heterocycles. The van der Waals surface area contributed by atoms with Crippen LogP contribution in [-0.4, -0.2) is 40.3 Å². The fourth-order valence-electron chi connectivity index (χ4n) is 2.98. The van der Waals surface area contributed by atoms with Crippen molar-refractivity contribution in [2.24, 2.45) is 0 Å². The molecule has 1 saturated heterocycles. The second kappa shape index (κ2) is 5.57. The van der Waals surface area contributed by atoms with E-state index >= 15 is 0 Å². The van der Waals surface area contributed by atoms with E-state index < -0.39 is 9.84 Å². The van der Waals surface area contributed by atoms with Gasteiger partial charge in [0.15, 0.2) is 15.5 Å². The van der Waals surface area contributed by atoms with Crippen molar-refractivity contribution in [3.63, 3.8) is 0 Å². The van der Waals surface area contributed by atoms with E-state index in [2.05, 4.69) is 9.97 Å². The zero-order valence-corrected chi connectivity index (χ0v) is 13.5. The Kier molecular flexibility index (Phi) is 3.92. The molecule has 0 amide bonds. The summed E-state index contributed by atoms with van der Waals surface area (Å²) in [6, 6.07) is 1.90. The first-order chi connectivity index (χ1) is 10.00. The fraction of sp³-hybridized carbons (Fsp3) is 0.571. The van der Waals surface area contributed by atoms with Crippen LogP contribution < -0.4 is 0 Å². The Morgan fingerprint density at radius 3 is 3.00 bits per heavy atom. The molecular weight excluding hydrogens is 310 g/mol. The zero-order valence-electron chi connectivity index (χ0n) is 11.9. The highest BCUT2D eigenvalue weighted by Crippen LogP contribution is 2.28. The van der Waals surface area contributed by atoms with E-state index in [1.807, 2.05) is 17.6 Å². The number of sulfone groups is 1. The second-order valence-electron chi connectivity index (χ2n) is 5.60. The first kappa shape index (κ1) is 14.8. The van der Waals surface area contributed by atoms with Crippen LogP contribution in [-0.2, 0) is 16.3 Å². The Hall–Kier alpha value is -1.14. The van der Waals surface area contributed by atoms with Crippen molar-refractivity contribution in [2.45, 2.75) is 32.2 Å². The summed E-state index contributed by atoms with van der Waals surface area (Å²) in [4.78, 5) is 9.08. The minimum Gasteiger partial charge on any atom is -0.309 e. The minimum atomic E-state index is -2.98. The van der Waals surface area contributed by atoms with Crippen molar-refractivity contribution in [3.05, 3.63) is 23.7 Å². The number of hydrogen-bond acceptors (Lipinski definition) is 4. The van der Waals surface area contributed by atoms with Gasteiger partial charge in [-0.3, -0.25) is 0 Å². The highest BCUT2D eigenvalue weighted by Gasteiger charge is 2.29. The molecule has 1 aliphatic rings. The Bertz CT molecular complexity index is 770. The average molecular weight is 328 g/mol. The maximum atomic E-state index is 11.9. The molecule has 7 heteroatoms. The SMILES string of the molecule is Cc1cnc2c(c1)nc(CCCl)n2C1CCCS(=O)(=O)C1. The summed E-state index contributed by atoms with van der Waals surface area (Å²) in [5.41, 5.74) is 2.63. The predicted molar refractivity (Wildman–Crippen MR) is 83.6 cm³/mol. The van der Waals surface area contributed by atoms with E-state index in [1.54, 1.807) is 6.20 Å². The van der Waals surface area contributed by atoms with Crippen molar-refractivity contribution in [1.82, 2.24) is 14.5 Å². The Labute approximate surface area is 129 Å². The Balaban J connectivity index is 2.12. The molecule has 0 N–H and O–H groups in total. The third kappa shape index (κ3) is 2.92. The number of imidazole rings is 1. The number of hydrogen-bond donors (Lipinski definition) is 0. The summed E-state index contributed by atoms with van der Waals surface area (Å²) in [7, 11) is -2.98. The van der Waals surface area contributed by atoms with Crippen LogP contribution in [0.15, 0.2) is 12.3 Å². The lowest BCUT2D eigenvalue weighted by Gasteiger charge is -2.25. The molecule has 2 aromatic rings. The van der Waals surface area contributed by atoms with Gasteiger partial charge in [-0.15, -0.1) is 11.6 Å². The van der Waals surface area contributed by atoms with Crippen LogP contribution in [0.25, 0.3) is 11.2 Å². The van der Waals surface area contributed by atoms with Crippen LogP contribution in [0.4, 0.5) is 0 Å². The number of aromatic nitrogens is 3. The van der Waals surface area contributed by atoms with Crippen LogP contribution in [0.2, 0.25) is 0 Å². The predicted octanol–water partition coefficient (Wildman–Crippen LogP) is 2.27. The van der Waals surface area contributed by atoms with Gasteiger partial charge in [0.2, 0.25) is 0 Å². The van der Waals surface area contributed by atoms with Gasteiger partial charge in [0.25, 0.3) is 0 Å². The van der Waals surface area contributed by atoms with Gasteiger partial charge in [-0.1, -0.05) is 0 Å². The molecule has 1 fully saturated rings. The van der Waals surface area contributed by atoms with Crippen molar-refractivity contribution in [2.75, 3.05) is 17.4 Å². The summed E-state index contributed by atoms with van der Waals surface area (Å²) < 4.78 is 25.9. The van der Waals surface area contributed by atoms with Gasteiger partial charge >= 0.3 is 0 Å². The largest absolute Gasteiger partial charge is 0.309 e. The standard InChI is InChI=1S/C14H18ClN3O2S/c1-10-7-12-14(16-8-10)18(13(17-12)4-5-15)11-3-2-6-21(19,20)9-11/h7-8,11H,2-6,9H2,1H3. The molecular formula is C14H18ClN3O2S. The number of fused-ring (bicyclic) bond motifs is 1. The number of aryl methyl sites for hydroxylation is 2. The first-order valence-electron chi connectivity index (χ1n) is 7.10. The van der Waals surface area contributed by atoms with Crippen LogP contribution in [0.5, 0.6) is 0 Å². The summed E-state index contributed by atoms with van der Waals surface area (Å²) >= 11 is 5.87. The van der Waals surface area contributed by atoms with Gasteiger partial charge in [0.1, 0.15) is 11.3 Å². The molecule has 0 aromatic carbocycles. The monoisotopic (exact) mass is 327 g/mol. The smallest absolute Gasteiger partial charge is 0.160 e. The minimum absolute atomic E-state index is 0.0813. The van der Waals surface area contributed by atoms with Crippen molar-refractivity contribution in [3.8, 4) is 0 Å². The number of rotatable bonds is 3. The highest BCUT2D eigenvalue weighted by molar-refractivity contribution is 7.91. The van der Waals surface area contributed by atoms with Crippen LogP contribution >= 0.6 is 11.6 Å². The second-order valence-corrected chi connectivity index (χ2v) is 8.21. The molecule has 0 bridgehead atoms.